The minimum Gasteiger partial charge on any atom is -0.466 e. The van der Waals surface area contributed by atoms with Crippen molar-refractivity contribution >= 4 is 18.5 Å². The van der Waals surface area contributed by atoms with Crippen LogP contribution in [0.3, 0.4) is 0 Å². The number of carbonyl (C=O) groups is 3. The van der Waals surface area contributed by atoms with Gasteiger partial charge in [-0.2, -0.15) is 0 Å². The van der Waals surface area contributed by atoms with Crippen molar-refractivity contribution in [3.8, 4) is 0 Å². The average molecular weight is 302 g/mol. The molecule has 4 nitrogen and oxygen atoms in total. The molecule has 0 saturated heterocycles. The average Bonchev–Trinajstić information content (AvgIpc) is 2.55. The first-order chi connectivity index (χ1) is 10.7. The SMILES string of the molecule is CCOC(=O)C[C@@H]1CC[C@@H](C=O)[C@H](c2ccccc2)[C@H]1C=O. The van der Waals surface area contributed by atoms with E-state index in [1.54, 1.807) is 6.92 Å². The van der Waals surface area contributed by atoms with Crippen LogP contribution >= 0.6 is 0 Å². The molecule has 1 aromatic rings. The Morgan fingerprint density at radius 2 is 1.91 bits per heavy atom. The largest absolute Gasteiger partial charge is 0.466 e. The maximum absolute atomic E-state index is 11.8. The second-order valence-electron chi connectivity index (χ2n) is 5.80. The number of benzene rings is 1. The van der Waals surface area contributed by atoms with Crippen molar-refractivity contribution in [1.82, 2.24) is 0 Å². The van der Waals surface area contributed by atoms with Gasteiger partial charge in [0.15, 0.2) is 0 Å². The zero-order chi connectivity index (χ0) is 15.9. The summed E-state index contributed by atoms with van der Waals surface area (Å²) >= 11 is 0. The number of rotatable bonds is 6. The number of ether oxygens (including phenoxy) is 1. The van der Waals surface area contributed by atoms with Crippen LogP contribution < -0.4 is 0 Å². The monoisotopic (exact) mass is 302 g/mol. The molecule has 1 fully saturated rings. The van der Waals surface area contributed by atoms with Gasteiger partial charge in [0.05, 0.1) is 6.61 Å². The third-order valence-electron chi connectivity index (χ3n) is 4.54. The number of aldehydes is 2. The molecule has 2 rings (SSSR count). The van der Waals surface area contributed by atoms with Gasteiger partial charge in [0.1, 0.15) is 12.6 Å². The van der Waals surface area contributed by atoms with E-state index in [4.69, 9.17) is 4.74 Å². The Balaban J connectivity index is 2.24. The molecule has 1 aromatic carbocycles. The van der Waals surface area contributed by atoms with E-state index in [0.29, 0.717) is 19.4 Å². The van der Waals surface area contributed by atoms with E-state index in [1.807, 2.05) is 30.3 Å². The second kappa shape index (κ2) is 7.87. The molecule has 4 atom stereocenters. The Labute approximate surface area is 130 Å². The van der Waals surface area contributed by atoms with E-state index in [9.17, 15) is 14.4 Å². The second-order valence-corrected chi connectivity index (χ2v) is 5.80. The van der Waals surface area contributed by atoms with Crippen LogP contribution in [0, 0.1) is 17.8 Å². The minimum atomic E-state index is -0.323. The van der Waals surface area contributed by atoms with E-state index in [0.717, 1.165) is 18.1 Å². The topological polar surface area (TPSA) is 60.4 Å². The quantitative estimate of drug-likeness (QED) is 0.599. The Morgan fingerprint density at radius 1 is 1.18 bits per heavy atom. The van der Waals surface area contributed by atoms with Gasteiger partial charge in [-0.05, 0) is 31.2 Å². The highest BCUT2D eigenvalue weighted by molar-refractivity contribution is 5.71. The van der Waals surface area contributed by atoms with E-state index in [2.05, 4.69) is 0 Å². The van der Waals surface area contributed by atoms with Gasteiger partial charge in [0.2, 0.25) is 0 Å². The summed E-state index contributed by atoms with van der Waals surface area (Å²) in [6.45, 7) is 2.11. The van der Waals surface area contributed by atoms with Crippen LogP contribution in [0.2, 0.25) is 0 Å². The molecule has 1 saturated carbocycles. The summed E-state index contributed by atoms with van der Waals surface area (Å²) < 4.78 is 5.01. The van der Waals surface area contributed by atoms with Crippen LogP contribution in [0.5, 0.6) is 0 Å². The molecule has 0 amide bonds. The van der Waals surface area contributed by atoms with Crippen molar-refractivity contribution < 1.29 is 19.1 Å². The number of hydrogen-bond acceptors (Lipinski definition) is 4. The van der Waals surface area contributed by atoms with Gasteiger partial charge in [0.25, 0.3) is 0 Å². The summed E-state index contributed by atoms with van der Waals surface area (Å²) in [5.41, 5.74) is 0.991. The van der Waals surface area contributed by atoms with Crippen molar-refractivity contribution in [2.24, 2.45) is 17.8 Å². The Hall–Kier alpha value is -1.97. The first-order valence-corrected chi connectivity index (χ1v) is 7.82. The first-order valence-electron chi connectivity index (χ1n) is 7.82. The molecule has 0 bridgehead atoms. The summed E-state index contributed by atoms with van der Waals surface area (Å²) in [4.78, 5) is 34.9. The van der Waals surface area contributed by atoms with Crippen LogP contribution in [0.25, 0.3) is 0 Å². The molecule has 0 N–H and O–H groups in total. The maximum Gasteiger partial charge on any atom is 0.306 e. The molecule has 0 aromatic heterocycles. The molecule has 118 valence electrons. The van der Waals surface area contributed by atoms with Crippen molar-refractivity contribution in [2.45, 2.75) is 32.1 Å². The predicted octanol–water partition coefficient (Wildman–Crippen LogP) is 2.76. The molecule has 0 radical (unpaired) electrons. The molecule has 0 unspecified atom stereocenters. The lowest BCUT2D eigenvalue weighted by atomic mass is 9.64. The van der Waals surface area contributed by atoms with Gasteiger partial charge < -0.3 is 14.3 Å². The third kappa shape index (κ3) is 3.62. The lowest BCUT2D eigenvalue weighted by molar-refractivity contribution is -0.145. The number of hydrogen-bond donors (Lipinski definition) is 0. The zero-order valence-corrected chi connectivity index (χ0v) is 12.8. The van der Waals surface area contributed by atoms with Gasteiger partial charge in [-0.3, -0.25) is 4.79 Å². The highest BCUT2D eigenvalue weighted by atomic mass is 16.5. The first kappa shape index (κ1) is 16.4. The van der Waals surface area contributed by atoms with Crippen molar-refractivity contribution in [3.05, 3.63) is 35.9 Å². The minimum absolute atomic E-state index is 0.0574. The summed E-state index contributed by atoms with van der Waals surface area (Å²) in [5, 5.41) is 0. The fourth-order valence-corrected chi connectivity index (χ4v) is 3.52. The van der Waals surface area contributed by atoms with E-state index >= 15 is 0 Å². The van der Waals surface area contributed by atoms with E-state index < -0.39 is 0 Å². The van der Waals surface area contributed by atoms with Gasteiger partial charge in [-0.15, -0.1) is 0 Å². The van der Waals surface area contributed by atoms with Gasteiger partial charge >= 0.3 is 5.97 Å². The lowest BCUT2D eigenvalue weighted by Gasteiger charge is -2.38. The molecule has 1 aliphatic rings. The molecule has 0 heterocycles. The highest BCUT2D eigenvalue weighted by Gasteiger charge is 2.40. The fourth-order valence-electron chi connectivity index (χ4n) is 3.52. The maximum atomic E-state index is 11.8. The van der Waals surface area contributed by atoms with Gasteiger partial charge in [-0.25, -0.2) is 0 Å². The van der Waals surface area contributed by atoms with Crippen LogP contribution in [0.1, 0.15) is 37.7 Å². The lowest BCUT2D eigenvalue weighted by Crippen LogP contribution is -2.36. The summed E-state index contributed by atoms with van der Waals surface area (Å²) in [6.07, 6.45) is 3.52. The molecule has 22 heavy (non-hydrogen) atoms. The highest BCUT2D eigenvalue weighted by Crippen LogP contribution is 2.44. The van der Waals surface area contributed by atoms with Crippen LogP contribution in [-0.4, -0.2) is 25.1 Å². The summed E-state index contributed by atoms with van der Waals surface area (Å²) in [6, 6.07) is 9.63. The number of esters is 1. The van der Waals surface area contributed by atoms with Crippen molar-refractivity contribution in [2.75, 3.05) is 6.61 Å². The smallest absolute Gasteiger partial charge is 0.306 e. The van der Waals surface area contributed by atoms with Gasteiger partial charge in [0, 0.05) is 24.2 Å². The van der Waals surface area contributed by atoms with E-state index in [1.165, 1.54) is 0 Å². The Morgan fingerprint density at radius 3 is 2.50 bits per heavy atom. The van der Waals surface area contributed by atoms with Crippen LogP contribution in [0.15, 0.2) is 30.3 Å². The van der Waals surface area contributed by atoms with Crippen molar-refractivity contribution in [1.29, 1.82) is 0 Å². The summed E-state index contributed by atoms with van der Waals surface area (Å²) in [5.74, 6) is -0.968. The number of carbonyl (C=O) groups excluding carboxylic acids is 3. The third-order valence-corrected chi connectivity index (χ3v) is 4.54. The molecule has 4 heteroatoms. The van der Waals surface area contributed by atoms with E-state index in [-0.39, 0.29) is 36.1 Å². The molecule has 0 spiro atoms. The molecule has 0 aliphatic heterocycles. The zero-order valence-electron chi connectivity index (χ0n) is 12.8. The Kier molecular flexibility index (Phi) is 5.87. The van der Waals surface area contributed by atoms with Crippen LogP contribution in [0.4, 0.5) is 0 Å². The van der Waals surface area contributed by atoms with Crippen molar-refractivity contribution in [3.63, 3.8) is 0 Å². The normalized spacial score (nSPS) is 27.9. The fraction of sp³-hybridized carbons (Fsp3) is 0.500. The molecular formula is C18H22O4. The van der Waals surface area contributed by atoms with Gasteiger partial charge in [-0.1, -0.05) is 30.3 Å². The Bertz CT molecular complexity index is 511. The predicted molar refractivity (Wildman–Crippen MR) is 82.3 cm³/mol. The standard InChI is InChI=1S/C18H22O4/c1-2-22-17(21)10-14-8-9-15(11-19)18(16(14)12-20)13-6-4-3-5-7-13/h3-7,11-12,14-16,18H,2,8-10H2,1H3/t14-,15-,16-,18-/m0/s1. The summed E-state index contributed by atoms with van der Waals surface area (Å²) in [7, 11) is 0. The molecule has 1 aliphatic carbocycles. The van der Waals surface area contributed by atoms with Crippen LogP contribution in [-0.2, 0) is 19.1 Å². The molecular weight excluding hydrogens is 280 g/mol.